The summed E-state index contributed by atoms with van der Waals surface area (Å²) in [5, 5.41) is 20.2. The van der Waals surface area contributed by atoms with Crippen LogP contribution in [0.25, 0.3) is 0 Å². The number of nitro benzene ring substituents is 1. The van der Waals surface area contributed by atoms with Gasteiger partial charge in [-0.05, 0) is 29.8 Å². The smallest absolute Gasteiger partial charge is 0.293 e. The standard InChI is InChI=1S/C17H16ClN5O4S/c1-22-9-8-20-17(22)16(11-2-4-12(18)5-3-11)21-14-7-6-13(28(19,26)27)10-15(14)23(24)25/h2-10,16,21H,1H3,(H2,19,26,27)/t16-/m0/s1. The van der Waals surface area contributed by atoms with Crippen LogP contribution in [0, 0.1) is 10.1 Å². The Kier molecular flexibility index (Phi) is 5.36. The van der Waals surface area contributed by atoms with Crippen LogP contribution < -0.4 is 10.5 Å². The molecule has 0 aliphatic carbocycles. The van der Waals surface area contributed by atoms with Gasteiger partial charge in [-0.3, -0.25) is 10.1 Å². The topological polar surface area (TPSA) is 133 Å². The van der Waals surface area contributed by atoms with E-state index < -0.39 is 26.7 Å². The lowest BCUT2D eigenvalue weighted by atomic mass is 10.1. The van der Waals surface area contributed by atoms with Crippen LogP contribution >= 0.6 is 11.6 Å². The van der Waals surface area contributed by atoms with Gasteiger partial charge >= 0.3 is 0 Å². The minimum Gasteiger partial charge on any atom is -0.366 e. The summed E-state index contributed by atoms with van der Waals surface area (Å²) in [6.07, 6.45) is 3.36. The summed E-state index contributed by atoms with van der Waals surface area (Å²) in [6.45, 7) is 0. The minimum atomic E-state index is -4.07. The Labute approximate surface area is 166 Å². The van der Waals surface area contributed by atoms with Crippen LogP contribution in [0.3, 0.4) is 0 Å². The molecule has 0 aliphatic rings. The van der Waals surface area contributed by atoms with E-state index in [1.165, 1.54) is 12.1 Å². The zero-order valence-electron chi connectivity index (χ0n) is 14.6. The van der Waals surface area contributed by atoms with E-state index in [2.05, 4.69) is 10.3 Å². The van der Waals surface area contributed by atoms with Crippen LogP contribution in [0.2, 0.25) is 5.02 Å². The molecule has 1 aromatic heterocycles. The molecule has 2 aromatic carbocycles. The Morgan fingerprint density at radius 2 is 1.93 bits per heavy atom. The van der Waals surface area contributed by atoms with Crippen LogP contribution in [0.15, 0.2) is 59.8 Å². The molecule has 0 amide bonds. The number of sulfonamides is 1. The fourth-order valence-corrected chi connectivity index (χ4v) is 3.38. The van der Waals surface area contributed by atoms with Crippen molar-refractivity contribution in [2.45, 2.75) is 10.9 Å². The van der Waals surface area contributed by atoms with Gasteiger partial charge in [-0.1, -0.05) is 23.7 Å². The molecule has 28 heavy (non-hydrogen) atoms. The van der Waals surface area contributed by atoms with Crippen molar-refractivity contribution in [3.63, 3.8) is 0 Å². The molecule has 0 fully saturated rings. The second-order valence-corrected chi connectivity index (χ2v) is 8.00. The first kappa shape index (κ1) is 19.8. The molecule has 0 unspecified atom stereocenters. The Morgan fingerprint density at radius 3 is 2.46 bits per heavy atom. The Hall–Kier alpha value is -2.95. The zero-order chi connectivity index (χ0) is 20.5. The molecule has 0 saturated carbocycles. The van der Waals surface area contributed by atoms with E-state index in [9.17, 15) is 18.5 Å². The molecular formula is C17H16ClN5O4S. The number of nitrogens with two attached hydrogens (primary N) is 1. The van der Waals surface area contributed by atoms with E-state index in [-0.39, 0.29) is 10.6 Å². The number of aryl methyl sites for hydroxylation is 1. The summed E-state index contributed by atoms with van der Waals surface area (Å²) >= 11 is 5.96. The second-order valence-electron chi connectivity index (χ2n) is 6.01. The van der Waals surface area contributed by atoms with E-state index >= 15 is 0 Å². The lowest BCUT2D eigenvalue weighted by Crippen LogP contribution is -2.18. The van der Waals surface area contributed by atoms with E-state index in [1.807, 2.05) is 0 Å². The predicted molar refractivity (Wildman–Crippen MR) is 105 cm³/mol. The summed E-state index contributed by atoms with van der Waals surface area (Å²) in [5.74, 6) is 0.604. The molecule has 3 aromatic rings. The van der Waals surface area contributed by atoms with Gasteiger partial charge in [0.05, 0.1) is 9.82 Å². The van der Waals surface area contributed by atoms with Crippen molar-refractivity contribution in [2.24, 2.45) is 12.2 Å². The molecule has 3 rings (SSSR count). The van der Waals surface area contributed by atoms with Crippen molar-refractivity contribution in [3.8, 4) is 0 Å². The van der Waals surface area contributed by atoms with Crippen LogP contribution in [0.5, 0.6) is 0 Å². The quantitative estimate of drug-likeness (QED) is 0.464. The van der Waals surface area contributed by atoms with Gasteiger partial charge in [-0.25, -0.2) is 18.5 Å². The number of primary sulfonamides is 1. The Morgan fingerprint density at radius 1 is 1.25 bits per heavy atom. The van der Waals surface area contributed by atoms with Gasteiger partial charge in [-0.2, -0.15) is 0 Å². The van der Waals surface area contributed by atoms with Crippen LogP contribution in [0.1, 0.15) is 17.4 Å². The maximum absolute atomic E-state index is 11.5. The first-order chi connectivity index (χ1) is 13.2. The fraction of sp³-hybridized carbons (Fsp3) is 0.118. The third-order valence-electron chi connectivity index (χ3n) is 4.11. The molecule has 0 spiro atoms. The number of nitrogens with zero attached hydrogens (tertiary/aromatic N) is 3. The normalized spacial score (nSPS) is 12.5. The number of nitrogens with one attached hydrogen (secondary N) is 1. The largest absolute Gasteiger partial charge is 0.366 e. The lowest BCUT2D eigenvalue weighted by Gasteiger charge is -2.20. The van der Waals surface area contributed by atoms with Crippen molar-refractivity contribution in [1.29, 1.82) is 0 Å². The van der Waals surface area contributed by atoms with Crippen LogP contribution in [-0.2, 0) is 17.1 Å². The summed E-state index contributed by atoms with van der Waals surface area (Å²) in [5.41, 5.74) is 0.476. The summed E-state index contributed by atoms with van der Waals surface area (Å²) in [4.78, 5) is 14.8. The number of rotatable bonds is 6. The van der Waals surface area contributed by atoms with E-state index in [0.29, 0.717) is 10.8 Å². The van der Waals surface area contributed by atoms with Crippen LogP contribution in [-0.4, -0.2) is 22.9 Å². The van der Waals surface area contributed by atoms with Crippen molar-refractivity contribution < 1.29 is 13.3 Å². The fourth-order valence-electron chi connectivity index (χ4n) is 2.72. The van der Waals surface area contributed by atoms with Gasteiger partial charge < -0.3 is 9.88 Å². The molecule has 1 heterocycles. The van der Waals surface area contributed by atoms with E-state index in [0.717, 1.165) is 11.6 Å². The third-order valence-corrected chi connectivity index (χ3v) is 5.28. The van der Waals surface area contributed by atoms with Gasteiger partial charge in [0.25, 0.3) is 5.69 Å². The number of halogens is 1. The highest BCUT2D eigenvalue weighted by atomic mass is 35.5. The molecule has 3 N–H and O–H groups in total. The molecule has 0 bridgehead atoms. The summed E-state index contributed by atoms with van der Waals surface area (Å²) in [6, 6.07) is 9.86. The molecule has 0 saturated heterocycles. The van der Waals surface area contributed by atoms with Crippen molar-refractivity contribution in [3.05, 3.63) is 81.4 Å². The van der Waals surface area contributed by atoms with E-state index in [4.69, 9.17) is 16.7 Å². The number of nitro groups is 1. The van der Waals surface area contributed by atoms with Crippen LogP contribution in [0.4, 0.5) is 11.4 Å². The molecule has 1 atom stereocenters. The molecule has 11 heteroatoms. The number of hydrogen-bond acceptors (Lipinski definition) is 6. The molecule has 9 nitrogen and oxygen atoms in total. The maximum Gasteiger partial charge on any atom is 0.293 e. The first-order valence-corrected chi connectivity index (χ1v) is 9.89. The second kappa shape index (κ2) is 7.58. The third kappa shape index (κ3) is 4.14. The van der Waals surface area contributed by atoms with Gasteiger partial charge in [0.2, 0.25) is 10.0 Å². The lowest BCUT2D eigenvalue weighted by molar-refractivity contribution is -0.384. The van der Waals surface area contributed by atoms with Gasteiger partial charge in [0.15, 0.2) is 0 Å². The molecule has 146 valence electrons. The molecule has 0 aliphatic heterocycles. The van der Waals surface area contributed by atoms with Gasteiger partial charge in [0, 0.05) is 30.5 Å². The van der Waals surface area contributed by atoms with Crippen molar-refractivity contribution in [2.75, 3.05) is 5.32 Å². The maximum atomic E-state index is 11.5. The highest BCUT2D eigenvalue weighted by Gasteiger charge is 2.24. The number of imidazole rings is 1. The van der Waals surface area contributed by atoms with Crippen molar-refractivity contribution in [1.82, 2.24) is 9.55 Å². The zero-order valence-corrected chi connectivity index (χ0v) is 16.2. The molecular weight excluding hydrogens is 406 g/mol. The monoisotopic (exact) mass is 421 g/mol. The van der Waals surface area contributed by atoms with Crippen molar-refractivity contribution >= 4 is 33.0 Å². The highest BCUT2D eigenvalue weighted by Crippen LogP contribution is 2.33. The minimum absolute atomic E-state index is 0.125. The van der Waals surface area contributed by atoms with E-state index in [1.54, 1.807) is 48.3 Å². The summed E-state index contributed by atoms with van der Waals surface area (Å²) in [7, 11) is -2.28. The number of aromatic nitrogens is 2. The highest BCUT2D eigenvalue weighted by molar-refractivity contribution is 7.89. The number of benzene rings is 2. The average molecular weight is 422 g/mol. The molecule has 0 radical (unpaired) electrons. The predicted octanol–water partition coefficient (Wildman–Crippen LogP) is 2.83. The summed E-state index contributed by atoms with van der Waals surface area (Å²) < 4.78 is 24.8. The average Bonchev–Trinajstić information content (AvgIpc) is 3.05. The van der Waals surface area contributed by atoms with Gasteiger partial charge in [-0.15, -0.1) is 0 Å². The van der Waals surface area contributed by atoms with Gasteiger partial charge in [0.1, 0.15) is 17.6 Å². The number of anilines is 1. The number of hydrogen-bond donors (Lipinski definition) is 2. The Balaban J connectivity index is 2.10. The SMILES string of the molecule is Cn1ccnc1[C@@H](Nc1ccc(S(N)(=O)=O)cc1[N+](=O)[O-])c1ccc(Cl)cc1. The Bertz CT molecular complexity index is 1130. The first-order valence-electron chi connectivity index (χ1n) is 7.97.